The van der Waals surface area contributed by atoms with Crippen LogP contribution in [-0.2, 0) is 28.4 Å². The van der Waals surface area contributed by atoms with Crippen molar-refractivity contribution in [2.75, 3.05) is 26.9 Å². The molecule has 0 amide bonds. The van der Waals surface area contributed by atoms with Crippen LogP contribution in [0.5, 0.6) is 0 Å². The third-order valence-corrected chi connectivity index (χ3v) is 6.24. The van der Waals surface area contributed by atoms with Gasteiger partial charge in [-0.25, -0.2) is 0 Å². The summed E-state index contributed by atoms with van der Waals surface area (Å²) in [6.45, 7) is -1.72. The number of aliphatic hydroxyl groups is 10. The number of hydrogen-bond donors (Lipinski definition) is 10. The zero-order valence-electron chi connectivity index (χ0n) is 18.7. The standard InChI is InChI=1S/C19H34O16/c1-30-4-7-8(22)9(23)13(27)18(33-7)35-16-6(3-21)32-19(14(28)11(16)25)34-15-5(2-20)31-17(29)12(26)10(15)24/h5-29H,2-4H2,1H3/t5-,6-,7-,8-,9+,10-,11-,12-,13-,14-,15-,16-,17-,18-,19-/m1/s1. The van der Waals surface area contributed by atoms with E-state index in [0.717, 1.165) is 0 Å². The molecule has 10 N–H and O–H groups in total. The minimum Gasteiger partial charge on any atom is -0.394 e. The minimum atomic E-state index is -1.88. The number of hydrogen-bond acceptors (Lipinski definition) is 16. The Hall–Kier alpha value is -0.640. The fourth-order valence-electron chi connectivity index (χ4n) is 4.21. The molecule has 206 valence electrons. The lowest BCUT2D eigenvalue weighted by Gasteiger charge is -2.47. The van der Waals surface area contributed by atoms with Crippen LogP contribution < -0.4 is 0 Å². The molecular formula is C19H34O16. The van der Waals surface area contributed by atoms with E-state index >= 15 is 0 Å². The highest BCUT2D eigenvalue weighted by atomic mass is 16.8. The number of methoxy groups -OCH3 is 1. The van der Waals surface area contributed by atoms with Gasteiger partial charge in [-0.05, 0) is 0 Å². The van der Waals surface area contributed by atoms with Crippen molar-refractivity contribution in [1.29, 1.82) is 0 Å². The molecule has 16 heteroatoms. The summed E-state index contributed by atoms with van der Waals surface area (Å²) in [5.41, 5.74) is 0. The Balaban J connectivity index is 1.72. The number of rotatable bonds is 8. The van der Waals surface area contributed by atoms with Crippen LogP contribution in [0.1, 0.15) is 0 Å². The maximum absolute atomic E-state index is 10.7. The smallest absolute Gasteiger partial charge is 0.187 e. The predicted octanol–water partition coefficient (Wildman–Crippen LogP) is -6.92. The third-order valence-electron chi connectivity index (χ3n) is 6.24. The van der Waals surface area contributed by atoms with Gasteiger partial charge in [-0.2, -0.15) is 0 Å². The van der Waals surface area contributed by atoms with E-state index in [1.165, 1.54) is 7.11 Å². The second-order valence-electron chi connectivity index (χ2n) is 8.61. The van der Waals surface area contributed by atoms with Crippen LogP contribution in [0, 0.1) is 0 Å². The molecule has 16 nitrogen and oxygen atoms in total. The molecule has 3 fully saturated rings. The van der Waals surface area contributed by atoms with Crippen LogP contribution in [0.2, 0.25) is 0 Å². The lowest BCUT2D eigenvalue weighted by Crippen LogP contribution is -2.66. The average molecular weight is 518 g/mol. The van der Waals surface area contributed by atoms with Gasteiger partial charge in [0, 0.05) is 7.11 Å². The second kappa shape index (κ2) is 12.3. The molecule has 3 aliphatic heterocycles. The van der Waals surface area contributed by atoms with Crippen molar-refractivity contribution in [2.24, 2.45) is 0 Å². The molecule has 3 saturated heterocycles. The molecule has 15 atom stereocenters. The van der Waals surface area contributed by atoms with E-state index < -0.39 is 105 Å². The second-order valence-corrected chi connectivity index (χ2v) is 8.61. The van der Waals surface area contributed by atoms with E-state index in [2.05, 4.69) is 0 Å². The van der Waals surface area contributed by atoms with Crippen molar-refractivity contribution in [3.63, 3.8) is 0 Å². The Kier molecular flexibility index (Phi) is 10.1. The highest BCUT2D eigenvalue weighted by Gasteiger charge is 2.53. The summed E-state index contributed by atoms with van der Waals surface area (Å²) in [6, 6.07) is 0. The summed E-state index contributed by atoms with van der Waals surface area (Å²) in [7, 11) is 1.32. The van der Waals surface area contributed by atoms with Crippen LogP contribution in [0.4, 0.5) is 0 Å². The third kappa shape index (κ3) is 5.93. The first-order valence-corrected chi connectivity index (χ1v) is 11.0. The van der Waals surface area contributed by atoms with Crippen LogP contribution >= 0.6 is 0 Å². The normalized spacial score (nSPS) is 51.3. The maximum Gasteiger partial charge on any atom is 0.187 e. The Morgan fingerprint density at radius 1 is 0.543 bits per heavy atom. The van der Waals surface area contributed by atoms with Gasteiger partial charge < -0.3 is 79.5 Å². The SMILES string of the molecule is COC[C@H]1O[C@H](O[C@H]2[C@H](O)[C@@H](O)[C@@H](O[C@H]3[C@H](O)[C@@H](O)[C@H](O)O[C@@H]3CO)O[C@@H]2CO)[C@H](O)[C@@H](O)[C@@H]1O. The molecule has 0 saturated carbocycles. The molecule has 0 aromatic heterocycles. The monoisotopic (exact) mass is 518 g/mol. The summed E-state index contributed by atoms with van der Waals surface area (Å²) in [4.78, 5) is 0. The molecule has 0 bridgehead atoms. The Morgan fingerprint density at radius 3 is 1.51 bits per heavy atom. The van der Waals surface area contributed by atoms with Crippen LogP contribution in [0.15, 0.2) is 0 Å². The van der Waals surface area contributed by atoms with Crippen molar-refractivity contribution >= 4 is 0 Å². The Morgan fingerprint density at radius 2 is 1.00 bits per heavy atom. The van der Waals surface area contributed by atoms with Crippen molar-refractivity contribution in [2.45, 2.75) is 92.1 Å². The fourth-order valence-corrected chi connectivity index (χ4v) is 4.21. The molecule has 0 radical (unpaired) electrons. The van der Waals surface area contributed by atoms with Gasteiger partial charge in [-0.3, -0.25) is 0 Å². The highest BCUT2D eigenvalue weighted by molar-refractivity contribution is 4.96. The lowest BCUT2D eigenvalue weighted by molar-refractivity contribution is -0.377. The van der Waals surface area contributed by atoms with Gasteiger partial charge in [0.1, 0.15) is 73.2 Å². The first-order chi connectivity index (χ1) is 16.5. The Bertz CT molecular complexity index is 652. The lowest BCUT2D eigenvalue weighted by atomic mass is 9.96. The zero-order chi connectivity index (χ0) is 26.0. The van der Waals surface area contributed by atoms with E-state index in [1.807, 2.05) is 0 Å². The topological polar surface area (TPSA) is 258 Å². The van der Waals surface area contributed by atoms with Gasteiger partial charge in [0.2, 0.25) is 0 Å². The average Bonchev–Trinajstić information content (AvgIpc) is 2.84. The van der Waals surface area contributed by atoms with E-state index in [1.54, 1.807) is 0 Å². The first-order valence-electron chi connectivity index (χ1n) is 11.0. The van der Waals surface area contributed by atoms with E-state index in [9.17, 15) is 51.1 Å². The molecule has 0 aliphatic carbocycles. The van der Waals surface area contributed by atoms with E-state index in [4.69, 9.17) is 28.4 Å². The van der Waals surface area contributed by atoms with Gasteiger partial charge in [0.05, 0.1) is 19.8 Å². The van der Waals surface area contributed by atoms with E-state index in [-0.39, 0.29) is 6.61 Å². The molecule has 0 aromatic carbocycles. The first kappa shape index (κ1) is 28.9. The zero-order valence-corrected chi connectivity index (χ0v) is 18.7. The van der Waals surface area contributed by atoms with Crippen LogP contribution in [0.25, 0.3) is 0 Å². The Labute approximate surface area is 199 Å². The molecule has 35 heavy (non-hydrogen) atoms. The van der Waals surface area contributed by atoms with Crippen molar-refractivity contribution in [3.8, 4) is 0 Å². The fraction of sp³-hybridized carbons (Fsp3) is 1.00. The van der Waals surface area contributed by atoms with Gasteiger partial charge in [0.15, 0.2) is 18.9 Å². The van der Waals surface area contributed by atoms with Crippen LogP contribution in [-0.4, -0.2) is 170 Å². The maximum atomic E-state index is 10.7. The molecule has 3 heterocycles. The highest BCUT2D eigenvalue weighted by Crippen LogP contribution is 2.32. The molecular weight excluding hydrogens is 484 g/mol. The van der Waals surface area contributed by atoms with Crippen molar-refractivity contribution in [1.82, 2.24) is 0 Å². The summed E-state index contributed by atoms with van der Waals surface area (Å²) in [6.07, 6.45) is -24.4. The van der Waals surface area contributed by atoms with Gasteiger partial charge in [-0.1, -0.05) is 0 Å². The summed E-state index contributed by atoms with van der Waals surface area (Å²) >= 11 is 0. The van der Waals surface area contributed by atoms with Gasteiger partial charge in [0.25, 0.3) is 0 Å². The molecule has 0 spiro atoms. The summed E-state index contributed by atoms with van der Waals surface area (Å²) < 4.78 is 31.7. The molecule has 0 aromatic rings. The summed E-state index contributed by atoms with van der Waals surface area (Å²) in [5, 5.41) is 101. The molecule has 0 unspecified atom stereocenters. The van der Waals surface area contributed by atoms with E-state index in [0.29, 0.717) is 0 Å². The summed E-state index contributed by atoms with van der Waals surface area (Å²) in [5.74, 6) is 0. The van der Waals surface area contributed by atoms with Gasteiger partial charge >= 0.3 is 0 Å². The molecule has 3 aliphatic rings. The van der Waals surface area contributed by atoms with Crippen LogP contribution in [0.3, 0.4) is 0 Å². The number of ether oxygens (including phenoxy) is 6. The molecule has 3 rings (SSSR count). The quantitative estimate of drug-likeness (QED) is 0.143. The minimum absolute atomic E-state index is 0.172. The van der Waals surface area contributed by atoms with Gasteiger partial charge in [-0.15, -0.1) is 0 Å². The number of aliphatic hydroxyl groups excluding tert-OH is 10. The van der Waals surface area contributed by atoms with Crippen molar-refractivity contribution in [3.05, 3.63) is 0 Å². The van der Waals surface area contributed by atoms with Crippen molar-refractivity contribution < 1.29 is 79.5 Å². The predicted molar refractivity (Wildman–Crippen MR) is 106 cm³/mol. The largest absolute Gasteiger partial charge is 0.394 e.